The van der Waals surface area contributed by atoms with E-state index in [0.717, 1.165) is 63.3 Å². The number of nitrogens with zero attached hydrogens (tertiary/aromatic N) is 3. The van der Waals surface area contributed by atoms with Crippen LogP contribution in [0.1, 0.15) is 63.1 Å². The van der Waals surface area contributed by atoms with E-state index in [0.29, 0.717) is 6.10 Å². The molecule has 0 saturated carbocycles. The first kappa shape index (κ1) is 16.2. The molecule has 0 aliphatic carbocycles. The maximum absolute atomic E-state index is 12.2. The maximum Gasteiger partial charge on any atom is 0.315 e. The van der Waals surface area contributed by atoms with E-state index < -0.39 is 0 Å². The number of ether oxygens (including phenoxy) is 1. The van der Waals surface area contributed by atoms with Crippen molar-refractivity contribution in [3.63, 3.8) is 0 Å². The van der Waals surface area contributed by atoms with Crippen molar-refractivity contribution in [3.05, 3.63) is 11.6 Å². The van der Waals surface area contributed by atoms with Gasteiger partial charge < -0.3 is 15.4 Å². The Kier molecular flexibility index (Phi) is 5.15. The topological polar surface area (TPSA) is 81.1 Å². The lowest BCUT2D eigenvalue weighted by molar-refractivity contribution is 0.100. The fourth-order valence-corrected chi connectivity index (χ4v) is 3.41. The minimum atomic E-state index is -0.121. The smallest absolute Gasteiger partial charge is 0.315 e. The zero-order valence-electron chi connectivity index (χ0n) is 14.0. The zero-order chi connectivity index (χ0) is 16.2. The van der Waals surface area contributed by atoms with Crippen molar-refractivity contribution in [2.24, 2.45) is 0 Å². The molecule has 2 N–H and O–H groups in total. The third kappa shape index (κ3) is 4.22. The average molecular weight is 321 g/mol. The van der Waals surface area contributed by atoms with Gasteiger partial charge in [0, 0.05) is 19.2 Å². The van der Waals surface area contributed by atoms with Crippen LogP contribution in [0.15, 0.2) is 0 Å². The Balaban J connectivity index is 1.45. The third-order valence-corrected chi connectivity index (χ3v) is 4.61. The Hall–Kier alpha value is -1.63. The molecule has 2 aliphatic rings. The lowest BCUT2D eigenvalue weighted by atomic mass is 10.1. The highest BCUT2D eigenvalue weighted by molar-refractivity contribution is 5.74. The highest BCUT2D eigenvalue weighted by atomic mass is 16.5. The number of aryl methyl sites for hydroxylation is 2. The van der Waals surface area contributed by atoms with Crippen LogP contribution in [-0.2, 0) is 11.3 Å². The SMILES string of the molecule is Cc1nc2n(n1)CCCC2NC(=O)NC(C)CCC1CCCO1. The monoisotopic (exact) mass is 321 g/mol. The second-order valence-electron chi connectivity index (χ2n) is 6.67. The first-order chi connectivity index (χ1) is 11.1. The van der Waals surface area contributed by atoms with Crippen molar-refractivity contribution in [1.82, 2.24) is 25.4 Å². The summed E-state index contributed by atoms with van der Waals surface area (Å²) in [7, 11) is 0. The molecule has 1 saturated heterocycles. The minimum absolute atomic E-state index is 0.0460. The number of rotatable bonds is 5. The number of carbonyl (C=O) groups excluding carboxylic acids is 1. The quantitative estimate of drug-likeness (QED) is 0.870. The molecule has 2 amide bonds. The van der Waals surface area contributed by atoms with Gasteiger partial charge >= 0.3 is 6.03 Å². The first-order valence-corrected chi connectivity index (χ1v) is 8.72. The molecule has 0 bridgehead atoms. The highest BCUT2D eigenvalue weighted by Crippen LogP contribution is 2.23. The summed E-state index contributed by atoms with van der Waals surface area (Å²) < 4.78 is 7.53. The number of nitrogens with one attached hydrogen (secondary N) is 2. The Bertz CT molecular complexity index is 539. The van der Waals surface area contributed by atoms with Crippen molar-refractivity contribution < 1.29 is 9.53 Å². The van der Waals surface area contributed by atoms with Gasteiger partial charge in [-0.25, -0.2) is 14.5 Å². The Morgan fingerprint density at radius 2 is 2.30 bits per heavy atom. The van der Waals surface area contributed by atoms with Gasteiger partial charge in [-0.1, -0.05) is 0 Å². The largest absolute Gasteiger partial charge is 0.378 e. The summed E-state index contributed by atoms with van der Waals surface area (Å²) in [5, 5.41) is 10.4. The van der Waals surface area contributed by atoms with Crippen molar-refractivity contribution >= 4 is 6.03 Å². The molecule has 7 heteroatoms. The lowest BCUT2D eigenvalue weighted by Gasteiger charge is -2.24. The highest BCUT2D eigenvalue weighted by Gasteiger charge is 2.25. The molecule has 0 spiro atoms. The minimum Gasteiger partial charge on any atom is -0.378 e. The van der Waals surface area contributed by atoms with Gasteiger partial charge in [0.1, 0.15) is 11.6 Å². The predicted octanol–water partition coefficient (Wildman–Crippen LogP) is 2.07. The molecule has 0 aromatic carbocycles. The molecule has 3 atom stereocenters. The van der Waals surface area contributed by atoms with Crippen LogP contribution in [-0.4, -0.2) is 39.5 Å². The Labute approximate surface area is 137 Å². The molecule has 1 aromatic rings. The van der Waals surface area contributed by atoms with Gasteiger partial charge in [-0.2, -0.15) is 5.10 Å². The van der Waals surface area contributed by atoms with E-state index in [1.807, 2.05) is 18.5 Å². The summed E-state index contributed by atoms with van der Waals surface area (Å²) in [6.45, 7) is 5.69. The summed E-state index contributed by atoms with van der Waals surface area (Å²) in [5.74, 6) is 1.63. The van der Waals surface area contributed by atoms with Gasteiger partial charge in [-0.05, 0) is 52.4 Å². The first-order valence-electron chi connectivity index (χ1n) is 8.72. The summed E-state index contributed by atoms with van der Waals surface area (Å²) >= 11 is 0. The van der Waals surface area contributed by atoms with Gasteiger partial charge in [0.15, 0.2) is 0 Å². The molecule has 1 fully saturated rings. The number of amides is 2. The van der Waals surface area contributed by atoms with Gasteiger partial charge in [0.2, 0.25) is 0 Å². The van der Waals surface area contributed by atoms with Crippen LogP contribution in [0.25, 0.3) is 0 Å². The molecule has 3 rings (SSSR count). The van der Waals surface area contributed by atoms with Gasteiger partial charge in [0.25, 0.3) is 0 Å². The van der Waals surface area contributed by atoms with E-state index in [1.165, 1.54) is 0 Å². The third-order valence-electron chi connectivity index (χ3n) is 4.61. The number of carbonyl (C=O) groups is 1. The number of aromatic nitrogens is 3. The van der Waals surface area contributed by atoms with Crippen molar-refractivity contribution in [2.75, 3.05) is 6.61 Å². The molecule has 1 aromatic heterocycles. The van der Waals surface area contributed by atoms with Crippen molar-refractivity contribution in [2.45, 2.75) is 77.1 Å². The molecule has 7 nitrogen and oxygen atoms in total. The number of fused-ring (bicyclic) bond motifs is 1. The summed E-state index contributed by atoms with van der Waals surface area (Å²) in [6.07, 6.45) is 6.56. The fourth-order valence-electron chi connectivity index (χ4n) is 3.41. The number of hydrogen-bond donors (Lipinski definition) is 2. The molecule has 2 aliphatic heterocycles. The maximum atomic E-state index is 12.2. The van der Waals surface area contributed by atoms with E-state index in [9.17, 15) is 4.79 Å². The van der Waals surface area contributed by atoms with E-state index >= 15 is 0 Å². The van der Waals surface area contributed by atoms with E-state index in [1.54, 1.807) is 0 Å². The van der Waals surface area contributed by atoms with Crippen molar-refractivity contribution in [3.8, 4) is 0 Å². The lowest BCUT2D eigenvalue weighted by Crippen LogP contribution is -2.44. The second kappa shape index (κ2) is 7.29. The molecule has 23 heavy (non-hydrogen) atoms. The Morgan fingerprint density at radius 1 is 1.43 bits per heavy atom. The summed E-state index contributed by atoms with van der Waals surface area (Å²) in [4.78, 5) is 16.7. The average Bonchev–Trinajstić information content (AvgIpc) is 3.13. The van der Waals surface area contributed by atoms with Crippen LogP contribution in [0.3, 0.4) is 0 Å². The molecule has 128 valence electrons. The van der Waals surface area contributed by atoms with Crippen LogP contribution in [0, 0.1) is 6.92 Å². The second-order valence-corrected chi connectivity index (χ2v) is 6.67. The van der Waals surface area contributed by atoms with Crippen LogP contribution in [0.5, 0.6) is 0 Å². The van der Waals surface area contributed by atoms with Crippen LogP contribution < -0.4 is 10.6 Å². The predicted molar refractivity (Wildman–Crippen MR) is 86.1 cm³/mol. The molecular weight excluding hydrogens is 294 g/mol. The summed E-state index contributed by atoms with van der Waals surface area (Å²) in [5.41, 5.74) is 0. The number of hydrogen-bond acceptors (Lipinski definition) is 4. The molecule has 0 radical (unpaired) electrons. The molecule has 3 unspecified atom stereocenters. The zero-order valence-corrected chi connectivity index (χ0v) is 14.0. The van der Waals surface area contributed by atoms with Gasteiger partial charge in [-0.3, -0.25) is 0 Å². The van der Waals surface area contributed by atoms with Crippen LogP contribution >= 0.6 is 0 Å². The van der Waals surface area contributed by atoms with Crippen molar-refractivity contribution in [1.29, 1.82) is 0 Å². The summed E-state index contributed by atoms with van der Waals surface area (Å²) in [6, 6.07) is -0.0262. The Morgan fingerprint density at radius 3 is 3.09 bits per heavy atom. The number of urea groups is 1. The normalized spacial score (nSPS) is 25.0. The standard InChI is InChI=1S/C16H27N5O2/c1-11(7-8-13-5-4-10-23-13)17-16(22)19-14-6-3-9-21-15(14)18-12(2)20-21/h11,13-14H,3-10H2,1-2H3,(H2,17,19,22). The van der Waals surface area contributed by atoms with E-state index in [4.69, 9.17) is 4.74 Å². The van der Waals surface area contributed by atoms with Crippen LogP contribution in [0.2, 0.25) is 0 Å². The molecule has 3 heterocycles. The van der Waals surface area contributed by atoms with Gasteiger partial charge in [0.05, 0.1) is 12.1 Å². The van der Waals surface area contributed by atoms with Gasteiger partial charge in [-0.15, -0.1) is 0 Å². The molecular formula is C16H27N5O2. The van der Waals surface area contributed by atoms with E-state index in [2.05, 4.69) is 20.7 Å². The fraction of sp³-hybridized carbons (Fsp3) is 0.812. The van der Waals surface area contributed by atoms with E-state index in [-0.39, 0.29) is 18.1 Å². The van der Waals surface area contributed by atoms with Crippen LogP contribution in [0.4, 0.5) is 4.79 Å².